The molecule has 19 heavy (non-hydrogen) atoms. The summed E-state index contributed by atoms with van der Waals surface area (Å²) >= 11 is 5.89. The van der Waals surface area contributed by atoms with Gasteiger partial charge in [0.2, 0.25) is 0 Å². The van der Waals surface area contributed by atoms with Crippen LogP contribution in [0.4, 0.5) is 4.39 Å². The maximum Gasteiger partial charge on any atom is 0.126 e. The number of hydrogen-bond donors (Lipinski definition) is 1. The Hall–Kier alpha value is -1.38. The summed E-state index contributed by atoms with van der Waals surface area (Å²) in [5, 5.41) is 11.2. The molecule has 100 valence electrons. The van der Waals surface area contributed by atoms with Gasteiger partial charge in [-0.2, -0.15) is 0 Å². The van der Waals surface area contributed by atoms with E-state index in [-0.39, 0.29) is 12.2 Å². The van der Waals surface area contributed by atoms with E-state index in [9.17, 15) is 9.50 Å². The molecular weight excluding hydrogens is 263 g/mol. The van der Waals surface area contributed by atoms with E-state index in [1.54, 1.807) is 6.07 Å². The van der Waals surface area contributed by atoms with Gasteiger partial charge in [0.05, 0.1) is 5.60 Å². The molecule has 0 radical (unpaired) electrons. The van der Waals surface area contributed by atoms with Crippen molar-refractivity contribution < 1.29 is 9.50 Å². The molecule has 0 spiro atoms. The second kappa shape index (κ2) is 5.72. The monoisotopic (exact) mass is 278 g/mol. The summed E-state index contributed by atoms with van der Waals surface area (Å²) in [6.45, 7) is 1.88. The quantitative estimate of drug-likeness (QED) is 0.883. The second-order valence-electron chi connectivity index (χ2n) is 4.66. The summed E-state index contributed by atoms with van der Waals surface area (Å²) in [7, 11) is 0. The van der Waals surface area contributed by atoms with Crippen LogP contribution in [0.2, 0.25) is 5.02 Å². The highest BCUT2D eigenvalue weighted by atomic mass is 35.5. The fourth-order valence-electron chi connectivity index (χ4n) is 2.17. The molecule has 0 fully saturated rings. The lowest BCUT2D eigenvalue weighted by atomic mass is 9.85. The molecule has 0 saturated heterocycles. The fourth-order valence-corrected chi connectivity index (χ4v) is 2.37. The van der Waals surface area contributed by atoms with E-state index in [0.29, 0.717) is 17.0 Å². The topological polar surface area (TPSA) is 20.2 Å². The van der Waals surface area contributed by atoms with Crippen molar-refractivity contribution in [3.05, 3.63) is 70.5 Å². The molecular formula is C16H16ClFO. The van der Waals surface area contributed by atoms with Gasteiger partial charge in [0.25, 0.3) is 0 Å². The van der Waals surface area contributed by atoms with E-state index < -0.39 is 5.60 Å². The van der Waals surface area contributed by atoms with Crippen LogP contribution >= 0.6 is 11.6 Å². The maximum absolute atomic E-state index is 13.8. The maximum atomic E-state index is 13.8. The Morgan fingerprint density at radius 3 is 2.47 bits per heavy atom. The highest BCUT2D eigenvalue weighted by Crippen LogP contribution is 2.30. The Morgan fingerprint density at radius 1 is 1.16 bits per heavy atom. The normalized spacial score (nSPS) is 14.1. The van der Waals surface area contributed by atoms with E-state index in [4.69, 9.17) is 11.6 Å². The van der Waals surface area contributed by atoms with Crippen LogP contribution in [0.5, 0.6) is 0 Å². The molecule has 0 saturated carbocycles. The first kappa shape index (κ1) is 14.0. The zero-order chi connectivity index (χ0) is 13.9. The van der Waals surface area contributed by atoms with Crippen molar-refractivity contribution in [1.29, 1.82) is 0 Å². The number of aliphatic hydroxyl groups is 1. The third-order valence-corrected chi connectivity index (χ3v) is 3.62. The molecule has 0 aliphatic carbocycles. The molecule has 2 aromatic carbocycles. The molecule has 1 N–H and O–H groups in total. The fraction of sp³-hybridized carbons (Fsp3) is 0.250. The minimum Gasteiger partial charge on any atom is -0.385 e. The zero-order valence-electron chi connectivity index (χ0n) is 10.7. The average Bonchev–Trinajstić information content (AvgIpc) is 2.44. The summed E-state index contributed by atoms with van der Waals surface area (Å²) in [5.74, 6) is -0.341. The third-order valence-electron chi connectivity index (χ3n) is 3.39. The Morgan fingerprint density at radius 2 is 1.84 bits per heavy atom. The van der Waals surface area contributed by atoms with Gasteiger partial charge in [0, 0.05) is 11.4 Å². The van der Waals surface area contributed by atoms with E-state index >= 15 is 0 Å². The van der Waals surface area contributed by atoms with Gasteiger partial charge in [0.1, 0.15) is 5.82 Å². The largest absolute Gasteiger partial charge is 0.385 e. The van der Waals surface area contributed by atoms with Crippen molar-refractivity contribution in [1.82, 2.24) is 0 Å². The van der Waals surface area contributed by atoms with E-state index in [2.05, 4.69) is 0 Å². The summed E-state index contributed by atoms with van der Waals surface area (Å²) in [6.07, 6.45) is 0.711. The Balaban J connectivity index is 2.36. The molecule has 1 unspecified atom stereocenters. The standard InChI is InChI=1S/C16H16ClFO/c1-2-16(19,13-6-4-3-5-7-13)11-12-10-14(17)8-9-15(12)18/h3-10,19H,2,11H2,1H3. The predicted molar refractivity (Wildman–Crippen MR) is 75.7 cm³/mol. The van der Waals surface area contributed by atoms with Crippen molar-refractivity contribution >= 4 is 11.6 Å². The van der Waals surface area contributed by atoms with Crippen LogP contribution < -0.4 is 0 Å². The summed E-state index contributed by atoms with van der Waals surface area (Å²) < 4.78 is 13.8. The second-order valence-corrected chi connectivity index (χ2v) is 5.10. The van der Waals surface area contributed by atoms with Crippen LogP contribution in [-0.2, 0) is 12.0 Å². The lowest BCUT2D eigenvalue weighted by Gasteiger charge is -2.27. The lowest BCUT2D eigenvalue weighted by Crippen LogP contribution is -2.28. The highest BCUT2D eigenvalue weighted by Gasteiger charge is 2.28. The van der Waals surface area contributed by atoms with Gasteiger partial charge in [-0.3, -0.25) is 0 Å². The van der Waals surface area contributed by atoms with Crippen LogP contribution in [0.3, 0.4) is 0 Å². The van der Waals surface area contributed by atoms with Crippen LogP contribution in [-0.4, -0.2) is 5.11 Å². The minimum atomic E-state index is -1.08. The van der Waals surface area contributed by atoms with Crippen LogP contribution in [0, 0.1) is 5.82 Å². The summed E-state index contributed by atoms with van der Waals surface area (Å²) in [6, 6.07) is 13.7. The minimum absolute atomic E-state index is 0.208. The van der Waals surface area contributed by atoms with Gasteiger partial charge in [0.15, 0.2) is 0 Å². The van der Waals surface area contributed by atoms with Gasteiger partial charge >= 0.3 is 0 Å². The molecule has 3 heteroatoms. The number of benzene rings is 2. The van der Waals surface area contributed by atoms with Crippen molar-refractivity contribution in [2.24, 2.45) is 0 Å². The van der Waals surface area contributed by atoms with Gasteiger partial charge in [-0.25, -0.2) is 4.39 Å². The first-order chi connectivity index (χ1) is 9.05. The van der Waals surface area contributed by atoms with Crippen molar-refractivity contribution in [2.45, 2.75) is 25.4 Å². The van der Waals surface area contributed by atoms with Crippen molar-refractivity contribution in [2.75, 3.05) is 0 Å². The SMILES string of the molecule is CCC(O)(Cc1cc(Cl)ccc1F)c1ccccc1. The Bertz CT molecular complexity index is 556. The molecule has 0 aromatic heterocycles. The molecule has 2 rings (SSSR count). The molecule has 2 aromatic rings. The van der Waals surface area contributed by atoms with Crippen LogP contribution in [0.1, 0.15) is 24.5 Å². The van der Waals surface area contributed by atoms with E-state index in [1.165, 1.54) is 12.1 Å². The highest BCUT2D eigenvalue weighted by molar-refractivity contribution is 6.30. The zero-order valence-corrected chi connectivity index (χ0v) is 11.5. The van der Waals surface area contributed by atoms with Gasteiger partial charge in [-0.1, -0.05) is 48.9 Å². The Kier molecular flexibility index (Phi) is 4.23. The lowest BCUT2D eigenvalue weighted by molar-refractivity contribution is 0.0319. The first-order valence-corrected chi connectivity index (χ1v) is 6.65. The molecule has 0 aliphatic rings. The molecule has 1 atom stereocenters. The average molecular weight is 279 g/mol. The molecule has 0 aliphatic heterocycles. The van der Waals surface area contributed by atoms with Crippen LogP contribution in [0.15, 0.2) is 48.5 Å². The van der Waals surface area contributed by atoms with Crippen molar-refractivity contribution in [3.8, 4) is 0 Å². The van der Waals surface area contributed by atoms with Crippen LogP contribution in [0.25, 0.3) is 0 Å². The Labute approximate surface area is 117 Å². The van der Waals surface area contributed by atoms with Gasteiger partial charge < -0.3 is 5.11 Å². The molecule has 0 amide bonds. The van der Waals surface area contributed by atoms with Crippen molar-refractivity contribution in [3.63, 3.8) is 0 Å². The number of hydrogen-bond acceptors (Lipinski definition) is 1. The van der Waals surface area contributed by atoms with E-state index in [1.807, 2.05) is 37.3 Å². The molecule has 1 nitrogen and oxygen atoms in total. The van der Waals surface area contributed by atoms with Gasteiger partial charge in [-0.05, 0) is 35.7 Å². The number of rotatable bonds is 4. The third kappa shape index (κ3) is 3.14. The molecule has 0 heterocycles. The molecule has 0 bridgehead atoms. The van der Waals surface area contributed by atoms with Gasteiger partial charge in [-0.15, -0.1) is 0 Å². The first-order valence-electron chi connectivity index (χ1n) is 6.27. The smallest absolute Gasteiger partial charge is 0.126 e. The summed E-state index contributed by atoms with van der Waals surface area (Å²) in [5.41, 5.74) is 0.143. The summed E-state index contributed by atoms with van der Waals surface area (Å²) in [4.78, 5) is 0. The number of halogens is 2. The predicted octanol–water partition coefficient (Wildman–Crippen LogP) is 4.32. The van der Waals surface area contributed by atoms with E-state index in [0.717, 1.165) is 5.56 Å².